The van der Waals surface area contributed by atoms with E-state index in [1.807, 2.05) is 19.1 Å². The second kappa shape index (κ2) is 8.75. The van der Waals surface area contributed by atoms with Gasteiger partial charge in [0.05, 0.1) is 18.8 Å². The summed E-state index contributed by atoms with van der Waals surface area (Å²) in [6, 6.07) is 12.8. The summed E-state index contributed by atoms with van der Waals surface area (Å²) >= 11 is 0. The molecule has 1 amide bonds. The topological polar surface area (TPSA) is 39.1 Å². The molecule has 2 aliphatic rings. The van der Waals surface area contributed by atoms with E-state index in [2.05, 4.69) is 14.9 Å². The first kappa shape index (κ1) is 20.2. The first-order valence-corrected chi connectivity index (χ1v) is 10.0. The van der Waals surface area contributed by atoms with Crippen LogP contribution in [-0.2, 0) is 4.79 Å². The van der Waals surface area contributed by atoms with Crippen molar-refractivity contribution in [2.75, 3.05) is 37.7 Å². The van der Waals surface area contributed by atoms with Gasteiger partial charge in [0.25, 0.3) is 0 Å². The highest BCUT2D eigenvalue weighted by atomic mass is 19.1. The normalized spacial score (nSPS) is 19.4. The fraction of sp³-hybridized carbons (Fsp3) is 0.304. The fourth-order valence-electron chi connectivity index (χ4n) is 3.72. The zero-order valence-corrected chi connectivity index (χ0v) is 16.9. The van der Waals surface area contributed by atoms with Crippen molar-refractivity contribution < 1.29 is 13.6 Å². The lowest BCUT2D eigenvalue weighted by Gasteiger charge is -2.38. The van der Waals surface area contributed by atoms with Gasteiger partial charge in [0.2, 0.25) is 5.91 Å². The van der Waals surface area contributed by atoms with Gasteiger partial charge in [-0.1, -0.05) is 18.2 Å². The van der Waals surface area contributed by atoms with Gasteiger partial charge in [-0.3, -0.25) is 9.69 Å². The molecule has 2 aromatic carbocycles. The number of piperazine rings is 1. The van der Waals surface area contributed by atoms with E-state index in [9.17, 15) is 13.6 Å². The SMILES string of the molecule is CC1=NN(CN2CCN(c3cccc(F)c3)CC2)C(=O)C/C1=C/c1ccc(F)cc1. The molecule has 2 heterocycles. The minimum absolute atomic E-state index is 0.0541. The van der Waals surface area contributed by atoms with Crippen molar-refractivity contribution in [2.45, 2.75) is 13.3 Å². The number of nitrogens with zero attached hydrogens (tertiary/aromatic N) is 4. The number of benzene rings is 2. The molecule has 30 heavy (non-hydrogen) atoms. The van der Waals surface area contributed by atoms with E-state index in [0.29, 0.717) is 6.67 Å². The standard InChI is InChI=1S/C23H24F2N4O/c1-17-19(13-18-5-7-20(24)8-6-18)14-23(30)29(26-17)16-27-9-11-28(12-10-27)22-4-2-3-21(25)15-22/h2-8,13,15H,9-12,14,16H2,1H3/b19-13-. The Morgan fingerprint density at radius 2 is 1.73 bits per heavy atom. The number of halogens is 2. The van der Waals surface area contributed by atoms with Crippen LogP contribution in [0.1, 0.15) is 18.9 Å². The number of hydrogen-bond donors (Lipinski definition) is 0. The highest BCUT2D eigenvalue weighted by molar-refractivity contribution is 6.08. The molecule has 7 heteroatoms. The van der Waals surface area contributed by atoms with Crippen molar-refractivity contribution in [3.05, 3.63) is 71.3 Å². The maximum atomic E-state index is 13.5. The van der Waals surface area contributed by atoms with E-state index in [1.165, 1.54) is 23.2 Å². The molecule has 0 aromatic heterocycles. The lowest BCUT2D eigenvalue weighted by molar-refractivity contribution is -0.133. The lowest BCUT2D eigenvalue weighted by Crippen LogP contribution is -2.50. The molecule has 0 N–H and O–H groups in total. The quantitative estimate of drug-likeness (QED) is 0.771. The molecule has 0 atom stereocenters. The van der Waals surface area contributed by atoms with Gasteiger partial charge in [-0.15, -0.1) is 0 Å². The summed E-state index contributed by atoms with van der Waals surface area (Å²) in [7, 11) is 0. The molecule has 2 aliphatic heterocycles. The molecular weight excluding hydrogens is 386 g/mol. The van der Waals surface area contributed by atoms with Crippen LogP contribution in [0, 0.1) is 11.6 Å². The van der Waals surface area contributed by atoms with Crippen LogP contribution in [0.4, 0.5) is 14.5 Å². The maximum absolute atomic E-state index is 13.5. The van der Waals surface area contributed by atoms with Crippen LogP contribution in [0.5, 0.6) is 0 Å². The molecule has 0 saturated carbocycles. The second-order valence-electron chi connectivity index (χ2n) is 7.60. The molecule has 0 unspecified atom stereocenters. The van der Waals surface area contributed by atoms with Crippen molar-refractivity contribution in [1.82, 2.24) is 9.91 Å². The minimum Gasteiger partial charge on any atom is -0.369 e. The van der Waals surface area contributed by atoms with Crippen LogP contribution in [-0.4, -0.2) is 54.4 Å². The van der Waals surface area contributed by atoms with Crippen molar-refractivity contribution in [3.8, 4) is 0 Å². The number of amides is 1. The Hall–Kier alpha value is -3.06. The molecule has 156 valence electrons. The molecule has 4 rings (SSSR count). The van der Waals surface area contributed by atoms with Gasteiger partial charge in [-0.05, 0) is 54.5 Å². The van der Waals surface area contributed by atoms with Gasteiger partial charge in [0, 0.05) is 31.9 Å². The minimum atomic E-state index is -0.286. The monoisotopic (exact) mass is 410 g/mol. The van der Waals surface area contributed by atoms with Gasteiger partial charge in [0.1, 0.15) is 11.6 Å². The van der Waals surface area contributed by atoms with Gasteiger partial charge in [-0.25, -0.2) is 13.8 Å². The number of rotatable bonds is 4. The summed E-state index contributed by atoms with van der Waals surface area (Å²) in [5.41, 5.74) is 3.36. The Labute approximate surface area is 174 Å². The average Bonchev–Trinajstić information content (AvgIpc) is 2.74. The third kappa shape index (κ3) is 4.74. The lowest BCUT2D eigenvalue weighted by atomic mass is 10.0. The Bertz CT molecular complexity index is 979. The maximum Gasteiger partial charge on any atom is 0.248 e. The first-order chi connectivity index (χ1) is 14.5. The van der Waals surface area contributed by atoms with E-state index in [-0.39, 0.29) is 24.0 Å². The summed E-state index contributed by atoms with van der Waals surface area (Å²) in [5, 5.41) is 6.02. The zero-order chi connectivity index (χ0) is 21.1. The Morgan fingerprint density at radius 1 is 1.00 bits per heavy atom. The molecular formula is C23H24F2N4O. The highest BCUT2D eigenvalue weighted by Gasteiger charge is 2.26. The Balaban J connectivity index is 1.37. The summed E-state index contributed by atoms with van der Waals surface area (Å²) < 4.78 is 26.5. The van der Waals surface area contributed by atoms with E-state index in [1.54, 1.807) is 24.3 Å². The number of hydrazone groups is 1. The molecule has 0 radical (unpaired) electrons. The van der Waals surface area contributed by atoms with Gasteiger partial charge < -0.3 is 4.90 Å². The van der Waals surface area contributed by atoms with Crippen LogP contribution in [0.3, 0.4) is 0 Å². The highest BCUT2D eigenvalue weighted by Crippen LogP contribution is 2.21. The molecule has 0 aliphatic carbocycles. The number of carbonyl (C=O) groups excluding carboxylic acids is 1. The summed E-state index contributed by atoms with van der Waals surface area (Å²) in [6.07, 6.45) is 2.15. The number of anilines is 1. The second-order valence-corrected chi connectivity index (χ2v) is 7.60. The van der Waals surface area contributed by atoms with Crippen LogP contribution in [0.15, 0.2) is 59.2 Å². The molecule has 0 spiro atoms. The summed E-state index contributed by atoms with van der Waals surface area (Å²) in [5.74, 6) is -0.574. The predicted molar refractivity (Wildman–Crippen MR) is 114 cm³/mol. The molecule has 5 nitrogen and oxygen atoms in total. The van der Waals surface area contributed by atoms with Crippen molar-refractivity contribution >= 4 is 23.4 Å². The fourth-order valence-corrected chi connectivity index (χ4v) is 3.72. The molecule has 1 fully saturated rings. The zero-order valence-electron chi connectivity index (χ0n) is 16.9. The van der Waals surface area contributed by atoms with Gasteiger partial charge >= 0.3 is 0 Å². The Morgan fingerprint density at radius 3 is 2.43 bits per heavy atom. The van der Waals surface area contributed by atoms with Crippen LogP contribution in [0.25, 0.3) is 6.08 Å². The van der Waals surface area contributed by atoms with E-state index in [0.717, 1.165) is 48.7 Å². The largest absolute Gasteiger partial charge is 0.369 e. The Kier molecular flexibility index (Phi) is 5.90. The van der Waals surface area contributed by atoms with Crippen LogP contribution >= 0.6 is 0 Å². The average molecular weight is 410 g/mol. The van der Waals surface area contributed by atoms with E-state index in [4.69, 9.17) is 0 Å². The van der Waals surface area contributed by atoms with Crippen molar-refractivity contribution in [1.29, 1.82) is 0 Å². The van der Waals surface area contributed by atoms with Gasteiger partial charge in [0.15, 0.2) is 0 Å². The smallest absolute Gasteiger partial charge is 0.248 e. The number of hydrogen-bond acceptors (Lipinski definition) is 4. The van der Waals surface area contributed by atoms with E-state index >= 15 is 0 Å². The summed E-state index contributed by atoms with van der Waals surface area (Å²) in [6.45, 7) is 5.40. The van der Waals surface area contributed by atoms with E-state index < -0.39 is 0 Å². The molecule has 0 bridgehead atoms. The van der Waals surface area contributed by atoms with Crippen molar-refractivity contribution in [2.24, 2.45) is 5.10 Å². The third-order valence-electron chi connectivity index (χ3n) is 5.46. The molecule has 2 aromatic rings. The van der Waals surface area contributed by atoms with Gasteiger partial charge in [-0.2, -0.15) is 5.10 Å². The van der Waals surface area contributed by atoms with Crippen LogP contribution < -0.4 is 4.90 Å². The number of carbonyl (C=O) groups is 1. The summed E-state index contributed by atoms with van der Waals surface area (Å²) in [4.78, 5) is 17.0. The molecule has 1 saturated heterocycles. The third-order valence-corrected chi connectivity index (χ3v) is 5.46. The van der Waals surface area contributed by atoms with Crippen molar-refractivity contribution in [3.63, 3.8) is 0 Å². The predicted octanol–water partition coefficient (Wildman–Crippen LogP) is 3.74. The first-order valence-electron chi connectivity index (χ1n) is 10.0. The van der Waals surface area contributed by atoms with Crippen LogP contribution in [0.2, 0.25) is 0 Å².